The summed E-state index contributed by atoms with van der Waals surface area (Å²) in [5.74, 6) is -0.400. The lowest BCUT2D eigenvalue weighted by Gasteiger charge is -2.26. The number of hydrogen-bond acceptors (Lipinski definition) is 7. The van der Waals surface area contributed by atoms with Crippen LogP contribution in [0.4, 0.5) is 4.79 Å². The zero-order valence-electron chi connectivity index (χ0n) is 23.4. The van der Waals surface area contributed by atoms with Gasteiger partial charge in [-0.1, -0.05) is 42.5 Å². The maximum absolute atomic E-state index is 13.1. The quantitative estimate of drug-likeness (QED) is 0.136. The molecule has 212 valence electrons. The summed E-state index contributed by atoms with van der Waals surface area (Å²) in [6.07, 6.45) is 5.56. The van der Waals surface area contributed by atoms with Gasteiger partial charge in [0, 0.05) is 23.7 Å². The van der Waals surface area contributed by atoms with E-state index in [2.05, 4.69) is 13.2 Å². The Morgan fingerprint density at radius 3 is 2.50 bits per heavy atom. The number of phenolic OH excluding ortho intramolecular Hbond substituents is 1. The molecule has 0 atom stereocenters. The molecule has 0 aliphatic carbocycles. The van der Waals surface area contributed by atoms with E-state index in [1.807, 2.05) is 30.3 Å². The van der Waals surface area contributed by atoms with Gasteiger partial charge in [0.2, 0.25) is 0 Å². The van der Waals surface area contributed by atoms with E-state index in [4.69, 9.17) is 18.6 Å². The van der Waals surface area contributed by atoms with Crippen LogP contribution in [0.2, 0.25) is 0 Å². The monoisotopic (exact) mass is 547 g/mol. The third-order valence-electron chi connectivity index (χ3n) is 5.68. The van der Waals surface area contributed by atoms with E-state index in [9.17, 15) is 14.7 Å². The smallest absolute Gasteiger partial charge is 0.410 e. The molecule has 2 aromatic carbocycles. The van der Waals surface area contributed by atoms with Crippen LogP contribution in [0.3, 0.4) is 0 Å². The van der Waals surface area contributed by atoms with Gasteiger partial charge in [0.1, 0.15) is 35.0 Å². The second kappa shape index (κ2) is 14.1. The van der Waals surface area contributed by atoms with Crippen molar-refractivity contribution >= 4 is 12.1 Å². The van der Waals surface area contributed by atoms with Crippen LogP contribution in [0.5, 0.6) is 11.5 Å². The fourth-order valence-corrected chi connectivity index (χ4v) is 3.87. The Balaban J connectivity index is 1.99. The van der Waals surface area contributed by atoms with Gasteiger partial charge in [0.05, 0.1) is 19.4 Å². The Bertz CT molecular complexity index is 1300. The number of nitrogens with zero attached hydrogens (tertiary/aromatic N) is 1. The fourth-order valence-electron chi connectivity index (χ4n) is 3.87. The summed E-state index contributed by atoms with van der Waals surface area (Å²) in [6, 6.07) is 14.3. The van der Waals surface area contributed by atoms with Crippen molar-refractivity contribution < 1.29 is 33.3 Å². The number of esters is 1. The summed E-state index contributed by atoms with van der Waals surface area (Å²) in [5, 5.41) is 11.0. The summed E-state index contributed by atoms with van der Waals surface area (Å²) in [5.41, 5.74) is 1.06. The SMILES string of the molecule is C=CCCCOC(=O)c1c(O)cc(OCc2ccccc2)cc1-c1occc1CN(CC=C)C(=O)OC(C)(C)C. The van der Waals surface area contributed by atoms with Crippen molar-refractivity contribution in [1.29, 1.82) is 0 Å². The zero-order valence-corrected chi connectivity index (χ0v) is 23.4. The van der Waals surface area contributed by atoms with E-state index in [0.717, 1.165) is 5.56 Å². The number of allylic oxidation sites excluding steroid dienone is 1. The van der Waals surface area contributed by atoms with Crippen molar-refractivity contribution in [3.63, 3.8) is 0 Å². The van der Waals surface area contributed by atoms with Crippen molar-refractivity contribution in [2.24, 2.45) is 0 Å². The molecule has 0 aliphatic heterocycles. The highest BCUT2D eigenvalue weighted by atomic mass is 16.6. The van der Waals surface area contributed by atoms with Gasteiger partial charge in [0.25, 0.3) is 0 Å². The third-order valence-corrected chi connectivity index (χ3v) is 5.68. The molecule has 0 bridgehead atoms. The summed E-state index contributed by atoms with van der Waals surface area (Å²) in [7, 11) is 0. The molecule has 0 saturated heterocycles. The number of hydrogen-bond donors (Lipinski definition) is 1. The summed E-state index contributed by atoms with van der Waals surface area (Å²) < 4.78 is 22.8. The molecule has 1 aromatic heterocycles. The lowest BCUT2D eigenvalue weighted by molar-refractivity contribution is 0.0256. The normalized spacial score (nSPS) is 11.0. The zero-order chi connectivity index (χ0) is 29.1. The van der Waals surface area contributed by atoms with Crippen LogP contribution in [0.25, 0.3) is 11.3 Å². The molecule has 8 heteroatoms. The lowest BCUT2D eigenvalue weighted by atomic mass is 10.0. The van der Waals surface area contributed by atoms with Gasteiger partial charge in [-0.15, -0.1) is 13.2 Å². The molecule has 0 unspecified atom stereocenters. The van der Waals surface area contributed by atoms with Crippen LogP contribution in [0, 0.1) is 0 Å². The first-order chi connectivity index (χ1) is 19.1. The van der Waals surface area contributed by atoms with Crippen molar-refractivity contribution in [1.82, 2.24) is 4.90 Å². The molecule has 0 spiro atoms. The molecule has 0 radical (unpaired) electrons. The van der Waals surface area contributed by atoms with Crippen molar-refractivity contribution in [3.8, 4) is 22.8 Å². The second-order valence-corrected chi connectivity index (χ2v) is 10.1. The first-order valence-electron chi connectivity index (χ1n) is 13.1. The number of carbonyl (C=O) groups is 2. The maximum atomic E-state index is 13.1. The summed E-state index contributed by atoms with van der Waals surface area (Å²) in [4.78, 5) is 27.5. The van der Waals surface area contributed by atoms with E-state index < -0.39 is 17.7 Å². The molecule has 3 rings (SSSR count). The molecule has 0 aliphatic rings. The average molecular weight is 548 g/mol. The minimum absolute atomic E-state index is 0.0607. The average Bonchev–Trinajstić information content (AvgIpc) is 3.37. The summed E-state index contributed by atoms with van der Waals surface area (Å²) >= 11 is 0. The number of carbonyl (C=O) groups excluding carboxylic acids is 2. The topological polar surface area (TPSA) is 98.4 Å². The van der Waals surface area contributed by atoms with Crippen LogP contribution < -0.4 is 4.74 Å². The number of ether oxygens (including phenoxy) is 3. The largest absolute Gasteiger partial charge is 0.507 e. The first-order valence-corrected chi connectivity index (χ1v) is 13.1. The highest BCUT2D eigenvalue weighted by Gasteiger charge is 2.27. The van der Waals surface area contributed by atoms with Crippen LogP contribution in [0.15, 0.2) is 84.5 Å². The van der Waals surface area contributed by atoms with Crippen molar-refractivity contribution in [2.45, 2.75) is 52.4 Å². The molecular formula is C32H37NO7. The van der Waals surface area contributed by atoms with Gasteiger partial charge in [0.15, 0.2) is 0 Å². The summed E-state index contributed by atoms with van der Waals surface area (Å²) in [6.45, 7) is 13.5. The fraction of sp³-hybridized carbons (Fsp3) is 0.312. The number of aromatic hydroxyl groups is 1. The maximum Gasteiger partial charge on any atom is 0.410 e. The minimum atomic E-state index is -0.705. The Kier molecular flexibility index (Phi) is 10.6. The van der Waals surface area contributed by atoms with Crippen molar-refractivity contribution in [2.75, 3.05) is 13.2 Å². The molecule has 1 amide bonds. The molecule has 8 nitrogen and oxygen atoms in total. The number of amides is 1. The predicted octanol–water partition coefficient (Wildman–Crippen LogP) is 7.28. The van der Waals surface area contributed by atoms with Gasteiger partial charge in [-0.3, -0.25) is 0 Å². The predicted molar refractivity (Wildman–Crippen MR) is 153 cm³/mol. The van der Waals surface area contributed by atoms with Crippen molar-refractivity contribution in [3.05, 3.63) is 96.8 Å². The molecule has 40 heavy (non-hydrogen) atoms. The van der Waals surface area contributed by atoms with E-state index in [1.165, 1.54) is 17.2 Å². The number of phenols is 1. The van der Waals surface area contributed by atoms with E-state index in [-0.39, 0.29) is 48.9 Å². The van der Waals surface area contributed by atoms with Gasteiger partial charge in [-0.25, -0.2) is 9.59 Å². The van der Waals surface area contributed by atoms with E-state index in [1.54, 1.807) is 45.1 Å². The molecule has 3 aromatic rings. The molecular weight excluding hydrogens is 510 g/mol. The Morgan fingerprint density at radius 1 is 1.07 bits per heavy atom. The van der Waals surface area contributed by atoms with Crippen LogP contribution in [0.1, 0.15) is 55.1 Å². The van der Waals surface area contributed by atoms with Crippen LogP contribution >= 0.6 is 0 Å². The molecule has 1 N–H and O–H groups in total. The Labute approximate surface area is 235 Å². The van der Waals surface area contributed by atoms with Gasteiger partial charge < -0.3 is 28.6 Å². The van der Waals surface area contributed by atoms with Crippen LogP contribution in [-0.2, 0) is 22.6 Å². The number of furan rings is 1. The number of unbranched alkanes of at least 4 members (excludes halogenated alkanes) is 1. The van der Waals surface area contributed by atoms with Gasteiger partial charge >= 0.3 is 12.1 Å². The number of benzene rings is 2. The number of rotatable bonds is 13. The molecule has 0 saturated carbocycles. The molecule has 0 fully saturated rings. The van der Waals surface area contributed by atoms with Gasteiger partial charge in [-0.05, 0) is 51.3 Å². The Hall–Kier alpha value is -4.46. The standard InChI is InChI=1S/C32H37NO7/c1-6-8-12-17-38-30(35)28-26(19-25(20-27(28)34)39-22-23-13-10-9-11-14-23)29-24(15-18-37-29)21-33(16-7-2)31(36)40-32(3,4)5/h6-7,9-11,13-15,18-20,34H,1-2,8,12,16-17,21-22H2,3-5H3. The minimum Gasteiger partial charge on any atom is -0.507 e. The van der Waals surface area contributed by atoms with Crippen LogP contribution in [-0.4, -0.2) is 40.8 Å². The molecule has 1 heterocycles. The first kappa shape index (κ1) is 30.1. The van der Waals surface area contributed by atoms with E-state index in [0.29, 0.717) is 24.2 Å². The van der Waals surface area contributed by atoms with E-state index >= 15 is 0 Å². The second-order valence-electron chi connectivity index (χ2n) is 10.1. The van der Waals surface area contributed by atoms with Gasteiger partial charge in [-0.2, -0.15) is 0 Å². The highest BCUT2D eigenvalue weighted by molar-refractivity contribution is 6.00. The third kappa shape index (κ3) is 8.53. The Morgan fingerprint density at radius 2 is 1.82 bits per heavy atom. The highest BCUT2D eigenvalue weighted by Crippen LogP contribution is 2.38. The lowest BCUT2D eigenvalue weighted by Crippen LogP contribution is -2.36.